The van der Waals surface area contributed by atoms with Gasteiger partial charge in [-0.25, -0.2) is 4.98 Å². The number of aromatic nitrogens is 1. The van der Waals surface area contributed by atoms with E-state index in [9.17, 15) is 0 Å². The van der Waals surface area contributed by atoms with Gasteiger partial charge in [0, 0.05) is 5.39 Å². The predicted molar refractivity (Wildman–Crippen MR) is 71.9 cm³/mol. The molecule has 0 aliphatic rings. The second-order valence-corrected chi connectivity index (χ2v) is 4.41. The Balaban J connectivity index is 2.81. The maximum Gasteiger partial charge on any atom is 0.145 e. The van der Waals surface area contributed by atoms with Crippen LogP contribution in [0.15, 0.2) is 22.8 Å². The van der Waals surface area contributed by atoms with Gasteiger partial charge in [-0.1, -0.05) is 6.92 Å². The van der Waals surface area contributed by atoms with Crippen molar-refractivity contribution in [2.24, 2.45) is 0 Å². The van der Waals surface area contributed by atoms with Gasteiger partial charge in [-0.3, -0.25) is 0 Å². The van der Waals surface area contributed by atoms with E-state index in [0.29, 0.717) is 0 Å². The molecule has 90 valence electrons. The van der Waals surface area contributed by atoms with E-state index < -0.39 is 0 Å². The highest BCUT2D eigenvalue weighted by Gasteiger charge is 2.11. The topological polar surface area (TPSA) is 31.4 Å². The van der Waals surface area contributed by atoms with Gasteiger partial charge in [0.15, 0.2) is 0 Å². The van der Waals surface area contributed by atoms with Crippen LogP contribution < -0.4 is 9.47 Å². The fourth-order valence-corrected chi connectivity index (χ4v) is 2.39. The van der Waals surface area contributed by atoms with Crippen molar-refractivity contribution in [2.45, 2.75) is 13.3 Å². The van der Waals surface area contributed by atoms with Crippen molar-refractivity contribution in [3.05, 3.63) is 28.4 Å². The van der Waals surface area contributed by atoms with Crippen LogP contribution in [0.5, 0.6) is 11.5 Å². The van der Waals surface area contributed by atoms with Gasteiger partial charge in [0.2, 0.25) is 0 Å². The molecular formula is C13H14BrNO2. The highest BCUT2D eigenvalue weighted by atomic mass is 79.9. The third-order valence-corrected chi connectivity index (χ3v) is 3.44. The van der Waals surface area contributed by atoms with E-state index in [-0.39, 0.29) is 0 Å². The summed E-state index contributed by atoms with van der Waals surface area (Å²) in [6, 6.07) is 5.86. The van der Waals surface area contributed by atoms with Crippen LogP contribution in [0.1, 0.15) is 12.5 Å². The third-order valence-electron chi connectivity index (χ3n) is 2.75. The van der Waals surface area contributed by atoms with Gasteiger partial charge in [0.25, 0.3) is 0 Å². The molecule has 0 N–H and O–H groups in total. The minimum Gasteiger partial charge on any atom is -0.496 e. The SMILES string of the molecule is CCc1cc2c(OC)ccc(OC)c2nc1Br. The summed E-state index contributed by atoms with van der Waals surface area (Å²) in [4.78, 5) is 4.54. The zero-order chi connectivity index (χ0) is 12.4. The van der Waals surface area contributed by atoms with E-state index in [2.05, 4.69) is 33.9 Å². The Bertz CT molecular complexity index is 555. The summed E-state index contributed by atoms with van der Waals surface area (Å²) in [5.74, 6) is 1.57. The predicted octanol–water partition coefficient (Wildman–Crippen LogP) is 3.58. The number of aryl methyl sites for hydroxylation is 1. The van der Waals surface area contributed by atoms with Crippen molar-refractivity contribution in [3.63, 3.8) is 0 Å². The average Bonchev–Trinajstić information content (AvgIpc) is 2.36. The number of fused-ring (bicyclic) bond motifs is 1. The van der Waals surface area contributed by atoms with Crippen molar-refractivity contribution in [1.29, 1.82) is 0 Å². The Morgan fingerprint density at radius 3 is 2.41 bits per heavy atom. The van der Waals surface area contributed by atoms with Crippen LogP contribution in [0, 0.1) is 0 Å². The number of nitrogens with zero attached hydrogens (tertiary/aromatic N) is 1. The largest absolute Gasteiger partial charge is 0.496 e. The smallest absolute Gasteiger partial charge is 0.145 e. The first-order valence-corrected chi connectivity index (χ1v) is 6.20. The summed E-state index contributed by atoms with van der Waals surface area (Å²) in [5.41, 5.74) is 1.97. The minimum atomic E-state index is 0.754. The number of hydrogen-bond donors (Lipinski definition) is 0. The van der Waals surface area contributed by atoms with Crippen LogP contribution in [0.2, 0.25) is 0 Å². The monoisotopic (exact) mass is 295 g/mol. The standard InChI is InChI=1S/C13H14BrNO2/c1-4-8-7-9-10(16-2)5-6-11(17-3)12(9)15-13(8)14/h5-7H,4H2,1-3H3. The molecule has 2 rings (SSSR count). The molecule has 1 heterocycles. The molecule has 0 bridgehead atoms. The molecular weight excluding hydrogens is 282 g/mol. The highest BCUT2D eigenvalue weighted by Crippen LogP contribution is 2.34. The summed E-state index contributed by atoms with van der Waals surface area (Å²) >= 11 is 3.48. The average molecular weight is 296 g/mol. The van der Waals surface area contributed by atoms with Crippen LogP contribution in [-0.2, 0) is 6.42 Å². The number of ether oxygens (including phenoxy) is 2. The number of methoxy groups -OCH3 is 2. The zero-order valence-electron chi connectivity index (χ0n) is 10.1. The van der Waals surface area contributed by atoms with Crippen LogP contribution in [0.25, 0.3) is 10.9 Å². The lowest BCUT2D eigenvalue weighted by molar-refractivity contribution is 0.409. The van der Waals surface area contributed by atoms with Crippen LogP contribution in [-0.4, -0.2) is 19.2 Å². The molecule has 0 amide bonds. The van der Waals surface area contributed by atoms with Gasteiger partial charge in [0.1, 0.15) is 21.6 Å². The second-order valence-electron chi connectivity index (χ2n) is 3.66. The number of benzene rings is 1. The lowest BCUT2D eigenvalue weighted by Gasteiger charge is -2.11. The van der Waals surface area contributed by atoms with Crippen molar-refractivity contribution >= 4 is 26.8 Å². The number of rotatable bonds is 3. The first kappa shape index (κ1) is 12.2. The van der Waals surface area contributed by atoms with Crippen LogP contribution in [0.3, 0.4) is 0 Å². The molecule has 1 aromatic heterocycles. The summed E-state index contributed by atoms with van der Waals surface area (Å²) in [5, 5.41) is 0.979. The second kappa shape index (κ2) is 4.92. The molecule has 0 saturated heterocycles. The van der Waals surface area contributed by atoms with E-state index in [1.54, 1.807) is 14.2 Å². The maximum absolute atomic E-state index is 5.36. The lowest BCUT2D eigenvalue weighted by atomic mass is 10.1. The Hall–Kier alpha value is -1.29. The van der Waals surface area contributed by atoms with Crippen LogP contribution in [0.4, 0.5) is 0 Å². The number of pyridine rings is 1. The molecule has 2 aromatic rings. The van der Waals surface area contributed by atoms with Crippen LogP contribution >= 0.6 is 15.9 Å². The van der Waals surface area contributed by atoms with Gasteiger partial charge in [-0.15, -0.1) is 0 Å². The molecule has 0 radical (unpaired) electrons. The highest BCUT2D eigenvalue weighted by molar-refractivity contribution is 9.10. The Morgan fingerprint density at radius 2 is 1.82 bits per heavy atom. The lowest BCUT2D eigenvalue weighted by Crippen LogP contribution is -1.94. The van der Waals surface area contributed by atoms with E-state index in [1.807, 2.05) is 12.1 Å². The van der Waals surface area contributed by atoms with E-state index in [4.69, 9.17) is 9.47 Å². The van der Waals surface area contributed by atoms with Gasteiger partial charge in [-0.2, -0.15) is 0 Å². The van der Waals surface area contributed by atoms with Crippen molar-refractivity contribution in [2.75, 3.05) is 14.2 Å². The first-order valence-electron chi connectivity index (χ1n) is 5.41. The van der Waals surface area contributed by atoms with Gasteiger partial charge < -0.3 is 9.47 Å². The molecule has 0 aliphatic carbocycles. The molecule has 17 heavy (non-hydrogen) atoms. The summed E-state index contributed by atoms with van der Waals surface area (Å²) in [7, 11) is 3.31. The minimum absolute atomic E-state index is 0.754. The van der Waals surface area contributed by atoms with E-state index in [1.165, 1.54) is 0 Å². The third kappa shape index (κ3) is 2.09. The fourth-order valence-electron chi connectivity index (χ4n) is 1.82. The zero-order valence-corrected chi connectivity index (χ0v) is 11.7. The quantitative estimate of drug-likeness (QED) is 0.811. The molecule has 3 nitrogen and oxygen atoms in total. The van der Waals surface area contributed by atoms with Gasteiger partial charge in [-0.05, 0) is 46.1 Å². The van der Waals surface area contributed by atoms with E-state index >= 15 is 0 Å². The summed E-state index contributed by atoms with van der Waals surface area (Å²) in [6.45, 7) is 2.10. The summed E-state index contributed by atoms with van der Waals surface area (Å²) in [6.07, 6.45) is 0.921. The molecule has 0 atom stereocenters. The number of halogens is 1. The number of hydrogen-bond acceptors (Lipinski definition) is 3. The molecule has 0 fully saturated rings. The molecule has 1 aromatic carbocycles. The van der Waals surface area contributed by atoms with Crippen molar-refractivity contribution < 1.29 is 9.47 Å². The molecule has 0 spiro atoms. The van der Waals surface area contributed by atoms with Crippen molar-refractivity contribution in [1.82, 2.24) is 4.98 Å². The Morgan fingerprint density at radius 1 is 1.18 bits per heavy atom. The first-order chi connectivity index (χ1) is 8.21. The molecule has 4 heteroatoms. The van der Waals surface area contributed by atoms with Gasteiger partial charge >= 0.3 is 0 Å². The normalized spacial score (nSPS) is 10.6. The Labute approximate surface area is 109 Å². The fraction of sp³-hybridized carbons (Fsp3) is 0.308. The molecule has 0 aliphatic heterocycles. The molecule has 0 saturated carbocycles. The Kier molecular flexibility index (Phi) is 3.52. The van der Waals surface area contributed by atoms with Gasteiger partial charge in [0.05, 0.1) is 14.2 Å². The van der Waals surface area contributed by atoms with E-state index in [0.717, 1.165) is 39.0 Å². The summed E-state index contributed by atoms with van der Waals surface area (Å²) < 4.78 is 11.5. The molecule has 0 unspecified atom stereocenters. The van der Waals surface area contributed by atoms with Crippen molar-refractivity contribution in [3.8, 4) is 11.5 Å². The maximum atomic E-state index is 5.36.